The van der Waals surface area contributed by atoms with Crippen molar-refractivity contribution in [3.63, 3.8) is 0 Å². The number of H-pyrrole nitrogens is 1. The number of aromatic nitrogens is 1. The number of aromatic amines is 1. The molecule has 1 N–H and O–H groups in total. The summed E-state index contributed by atoms with van der Waals surface area (Å²) in [4.78, 5) is 30.4. The Balaban J connectivity index is 1.33. The van der Waals surface area contributed by atoms with Crippen LogP contribution in [0.25, 0.3) is 10.9 Å². The fourth-order valence-corrected chi connectivity index (χ4v) is 5.32. The smallest absolute Gasteiger partial charge is 0.165 e. The maximum atomic E-state index is 12.8. The van der Waals surface area contributed by atoms with Crippen LogP contribution >= 0.6 is 0 Å². The average Bonchev–Trinajstić information content (AvgIpc) is 2.99. The molecule has 4 saturated heterocycles. The molecule has 4 fully saturated rings. The van der Waals surface area contributed by atoms with Crippen LogP contribution in [-0.4, -0.2) is 40.1 Å². The van der Waals surface area contributed by atoms with E-state index in [0.717, 1.165) is 42.1 Å². The molecule has 0 radical (unpaired) electrons. The van der Waals surface area contributed by atoms with Gasteiger partial charge in [-0.2, -0.15) is 0 Å². The zero-order valence-electron chi connectivity index (χ0n) is 13.7. The molecule has 124 valence electrons. The number of nitrogens with zero attached hydrogens (tertiary/aromatic N) is 1. The van der Waals surface area contributed by atoms with Gasteiger partial charge in [-0.05, 0) is 37.7 Å². The van der Waals surface area contributed by atoms with E-state index in [0.29, 0.717) is 42.7 Å². The first-order valence-corrected chi connectivity index (χ1v) is 9.07. The highest BCUT2D eigenvalue weighted by molar-refractivity contribution is 6.07. The second-order valence-electron chi connectivity index (χ2n) is 7.83. The van der Waals surface area contributed by atoms with Crippen LogP contribution < -0.4 is 0 Å². The van der Waals surface area contributed by atoms with Crippen molar-refractivity contribution in [2.45, 2.75) is 44.2 Å². The molecule has 0 saturated carbocycles. The van der Waals surface area contributed by atoms with Gasteiger partial charge in [0.2, 0.25) is 0 Å². The summed E-state index contributed by atoms with van der Waals surface area (Å²) in [5, 5.41) is 1.03. The Morgan fingerprint density at radius 3 is 2.62 bits per heavy atom. The van der Waals surface area contributed by atoms with Crippen molar-refractivity contribution in [2.24, 2.45) is 11.8 Å². The molecule has 1 aromatic carbocycles. The minimum absolute atomic E-state index is 0.258. The summed E-state index contributed by atoms with van der Waals surface area (Å²) >= 11 is 0. The van der Waals surface area contributed by atoms with Gasteiger partial charge in [0, 0.05) is 47.1 Å². The van der Waals surface area contributed by atoms with E-state index in [9.17, 15) is 9.59 Å². The summed E-state index contributed by atoms with van der Waals surface area (Å²) < 4.78 is 0. The van der Waals surface area contributed by atoms with Gasteiger partial charge in [-0.15, -0.1) is 0 Å². The quantitative estimate of drug-likeness (QED) is 0.883. The lowest BCUT2D eigenvalue weighted by Gasteiger charge is -2.54. The van der Waals surface area contributed by atoms with Crippen molar-refractivity contribution in [2.75, 3.05) is 6.54 Å². The van der Waals surface area contributed by atoms with Crippen LogP contribution in [0.1, 0.15) is 42.5 Å². The molecule has 0 amide bonds. The minimum Gasteiger partial charge on any atom is -0.360 e. The van der Waals surface area contributed by atoms with E-state index >= 15 is 0 Å². The molecular formula is C20H22N2O2. The number of hydrogen-bond acceptors (Lipinski definition) is 3. The van der Waals surface area contributed by atoms with Gasteiger partial charge in [-0.25, -0.2) is 0 Å². The molecule has 2 unspecified atom stereocenters. The highest BCUT2D eigenvalue weighted by atomic mass is 16.1. The maximum absolute atomic E-state index is 12.8. The van der Waals surface area contributed by atoms with Gasteiger partial charge in [0.05, 0.1) is 6.54 Å². The molecule has 24 heavy (non-hydrogen) atoms. The van der Waals surface area contributed by atoms with E-state index in [4.69, 9.17) is 0 Å². The average molecular weight is 322 g/mol. The predicted octanol–water partition coefficient (Wildman–Crippen LogP) is 3.18. The van der Waals surface area contributed by atoms with E-state index in [-0.39, 0.29) is 5.78 Å². The molecule has 2 aromatic rings. The summed E-state index contributed by atoms with van der Waals surface area (Å²) in [5.74, 6) is 1.46. The fourth-order valence-electron chi connectivity index (χ4n) is 5.32. The highest BCUT2D eigenvalue weighted by Crippen LogP contribution is 2.44. The van der Waals surface area contributed by atoms with E-state index < -0.39 is 0 Å². The van der Waals surface area contributed by atoms with E-state index in [1.54, 1.807) is 0 Å². The van der Waals surface area contributed by atoms with Crippen LogP contribution in [0.15, 0.2) is 30.5 Å². The number of fused-ring (bicyclic) bond motifs is 2. The van der Waals surface area contributed by atoms with Crippen LogP contribution in [0.3, 0.4) is 0 Å². The second kappa shape index (κ2) is 5.28. The number of para-hydroxylation sites is 1. The van der Waals surface area contributed by atoms with Crippen molar-refractivity contribution in [3.8, 4) is 0 Å². The Hall–Kier alpha value is -1.94. The third-order valence-corrected chi connectivity index (χ3v) is 6.42. The number of rotatable bonds is 3. The predicted molar refractivity (Wildman–Crippen MR) is 92.0 cm³/mol. The Kier molecular flexibility index (Phi) is 3.17. The van der Waals surface area contributed by atoms with Crippen LogP contribution in [0.4, 0.5) is 0 Å². The van der Waals surface area contributed by atoms with Crippen LogP contribution in [0.5, 0.6) is 0 Å². The van der Waals surface area contributed by atoms with Gasteiger partial charge in [0.15, 0.2) is 5.78 Å². The van der Waals surface area contributed by atoms with Crippen LogP contribution in [0, 0.1) is 11.8 Å². The summed E-state index contributed by atoms with van der Waals surface area (Å²) in [6.45, 7) is 0.656. The molecule has 4 heteroatoms. The second-order valence-corrected chi connectivity index (χ2v) is 7.83. The van der Waals surface area contributed by atoms with Gasteiger partial charge in [0.25, 0.3) is 0 Å². The van der Waals surface area contributed by atoms with E-state index in [1.165, 1.54) is 0 Å². The van der Waals surface area contributed by atoms with Gasteiger partial charge in [-0.3, -0.25) is 14.5 Å². The van der Waals surface area contributed by atoms with Crippen molar-refractivity contribution < 1.29 is 9.59 Å². The number of Topliss-reactive ketones (excluding diaryl/α,β-unsaturated/α-hetero) is 2. The molecule has 4 nitrogen and oxygen atoms in total. The number of nitrogens with one attached hydrogen (secondary N) is 1. The number of carbonyl (C=O) groups excluding carboxylic acids is 2. The minimum atomic E-state index is 0.258. The maximum Gasteiger partial charge on any atom is 0.165 e. The van der Waals surface area contributed by atoms with Crippen molar-refractivity contribution in [3.05, 3.63) is 36.0 Å². The highest BCUT2D eigenvalue weighted by Gasteiger charge is 2.48. The van der Waals surface area contributed by atoms with E-state index in [2.05, 4.69) is 9.88 Å². The summed E-state index contributed by atoms with van der Waals surface area (Å²) in [5.41, 5.74) is 1.86. The Morgan fingerprint density at radius 1 is 1.12 bits per heavy atom. The molecule has 2 atom stereocenters. The zero-order chi connectivity index (χ0) is 16.3. The number of benzene rings is 1. The third-order valence-electron chi connectivity index (χ3n) is 6.42. The lowest BCUT2D eigenvalue weighted by molar-refractivity contribution is -0.142. The first kappa shape index (κ1) is 14.4. The lowest BCUT2D eigenvalue weighted by Crippen LogP contribution is -2.62. The number of carbonyl (C=O) groups is 2. The lowest BCUT2D eigenvalue weighted by atomic mass is 9.68. The molecule has 0 aliphatic carbocycles. The number of ketones is 2. The molecule has 6 rings (SSSR count). The molecule has 5 heterocycles. The Morgan fingerprint density at radius 2 is 1.88 bits per heavy atom. The summed E-state index contributed by atoms with van der Waals surface area (Å²) in [6.07, 6.45) is 6.70. The Bertz CT molecular complexity index is 808. The fraction of sp³-hybridized carbons (Fsp3) is 0.500. The topological polar surface area (TPSA) is 53.2 Å². The molecule has 1 aromatic heterocycles. The van der Waals surface area contributed by atoms with Gasteiger partial charge in [0.1, 0.15) is 5.78 Å². The first-order chi connectivity index (χ1) is 11.7. The third kappa shape index (κ3) is 2.16. The molecule has 4 aliphatic rings. The van der Waals surface area contributed by atoms with E-state index in [1.807, 2.05) is 30.5 Å². The van der Waals surface area contributed by atoms with Crippen molar-refractivity contribution >= 4 is 22.5 Å². The summed E-state index contributed by atoms with van der Waals surface area (Å²) in [7, 11) is 0. The van der Waals surface area contributed by atoms with Gasteiger partial charge < -0.3 is 4.98 Å². The van der Waals surface area contributed by atoms with Crippen molar-refractivity contribution in [1.29, 1.82) is 0 Å². The van der Waals surface area contributed by atoms with Crippen LogP contribution in [-0.2, 0) is 4.79 Å². The number of piperidine rings is 4. The summed E-state index contributed by atoms with van der Waals surface area (Å²) in [6, 6.07) is 9.06. The molecule has 4 aliphatic heterocycles. The normalized spacial score (nSPS) is 34.7. The van der Waals surface area contributed by atoms with Crippen molar-refractivity contribution in [1.82, 2.24) is 9.88 Å². The number of hydrogen-bond donors (Lipinski definition) is 1. The molecule has 0 spiro atoms. The molecule has 4 bridgehead atoms. The monoisotopic (exact) mass is 322 g/mol. The Labute approximate surface area is 141 Å². The van der Waals surface area contributed by atoms with Gasteiger partial charge >= 0.3 is 0 Å². The standard InChI is InChI=1S/C20H22N2O2/c23-19(17-10-21-18-4-2-1-3-16(17)18)7-12-5-14-8-13-9-15(6-12)22(14)11-20(13)24/h1-4,10,12-15,21H,5-9,11H2. The first-order valence-electron chi connectivity index (χ1n) is 9.07. The molecular weight excluding hydrogens is 300 g/mol. The zero-order valence-corrected chi connectivity index (χ0v) is 13.7. The van der Waals surface area contributed by atoms with Crippen LogP contribution in [0.2, 0.25) is 0 Å². The van der Waals surface area contributed by atoms with Gasteiger partial charge in [-0.1, -0.05) is 18.2 Å². The largest absolute Gasteiger partial charge is 0.360 e. The SMILES string of the molecule is O=C(CC1CC2CC3CC(C1)N2CC3=O)c1c[nH]c2ccccc12.